The minimum atomic E-state index is -2.79. The Bertz CT molecular complexity index is 565. The molecule has 37 heavy (non-hydrogen) atoms. The Labute approximate surface area is 233 Å². The third-order valence-corrected chi connectivity index (χ3v) is 9.27. The lowest BCUT2D eigenvalue weighted by Crippen LogP contribution is -2.44. The number of carbonyl (C=O) groups is 1. The monoisotopic (exact) mass is 565 g/mol. The first-order chi connectivity index (χ1) is 17.9. The van der Waals surface area contributed by atoms with E-state index in [9.17, 15) is 14.5 Å². The van der Waals surface area contributed by atoms with Crippen molar-refractivity contribution in [1.82, 2.24) is 0 Å². The molecule has 0 aliphatic rings. The van der Waals surface area contributed by atoms with Gasteiger partial charge in [-0.1, -0.05) is 111 Å². The van der Waals surface area contributed by atoms with Crippen LogP contribution in [0.5, 0.6) is 0 Å². The topological polar surface area (TPSA) is 82.1 Å². The molecule has 8 heteroatoms. The van der Waals surface area contributed by atoms with E-state index in [4.69, 9.17) is 14.0 Å². The molecule has 6 nitrogen and oxygen atoms in total. The maximum Gasteiger partial charge on any atom is 0.589 e. The Morgan fingerprint density at radius 2 is 1.32 bits per heavy atom. The quantitative estimate of drug-likeness (QED) is 0.0460. The Hall–Kier alpha value is -0.200. The van der Waals surface area contributed by atoms with E-state index >= 15 is 0 Å². The first kappa shape index (κ1) is 36.8. The lowest BCUT2D eigenvalue weighted by molar-refractivity contribution is -0.208. The van der Waals surface area contributed by atoms with E-state index in [0.717, 1.165) is 31.4 Å². The summed E-state index contributed by atoms with van der Waals surface area (Å²) in [7, 11) is -2.79. The molecular weight excluding hydrogens is 507 g/mol. The molecule has 0 amide bonds. The molecule has 0 heterocycles. The van der Waals surface area contributed by atoms with Crippen molar-refractivity contribution in [1.29, 1.82) is 0 Å². The Morgan fingerprint density at radius 3 is 1.84 bits per heavy atom. The van der Waals surface area contributed by atoms with Gasteiger partial charge in [-0.2, -0.15) is 11.8 Å². The van der Waals surface area contributed by atoms with E-state index in [0.29, 0.717) is 6.42 Å². The van der Waals surface area contributed by atoms with Crippen molar-refractivity contribution in [2.24, 2.45) is 0 Å². The highest BCUT2D eigenvalue weighted by molar-refractivity contribution is 7.99. The molecule has 4 unspecified atom stereocenters. The number of aliphatic hydroxyl groups is 1. The molecule has 0 aliphatic heterocycles. The molecule has 0 aliphatic carbocycles. The summed E-state index contributed by atoms with van der Waals surface area (Å²) in [4.78, 5) is 12.6. The van der Waals surface area contributed by atoms with Crippen molar-refractivity contribution < 1.29 is 28.5 Å². The van der Waals surface area contributed by atoms with Crippen LogP contribution in [0.1, 0.15) is 144 Å². The van der Waals surface area contributed by atoms with Gasteiger partial charge in [0.25, 0.3) is 0 Å². The summed E-state index contributed by atoms with van der Waals surface area (Å²) in [6.07, 6.45) is 19.9. The maximum atomic E-state index is 12.7. The van der Waals surface area contributed by atoms with Crippen LogP contribution in [0.4, 0.5) is 0 Å². The van der Waals surface area contributed by atoms with Crippen LogP contribution in [0.2, 0.25) is 0 Å². The van der Waals surface area contributed by atoms with Crippen LogP contribution in [0.25, 0.3) is 0 Å². The third-order valence-electron chi connectivity index (χ3n) is 6.50. The second-order valence-electron chi connectivity index (χ2n) is 10.0. The van der Waals surface area contributed by atoms with Crippen LogP contribution in [-0.2, 0) is 23.4 Å². The highest BCUT2D eigenvalue weighted by Gasteiger charge is 2.62. The van der Waals surface area contributed by atoms with Crippen molar-refractivity contribution >= 4 is 25.8 Å². The number of hydrogen-bond donors (Lipinski definition) is 1. The van der Waals surface area contributed by atoms with E-state index in [1.807, 2.05) is 25.6 Å². The van der Waals surface area contributed by atoms with Gasteiger partial charge >= 0.3 is 19.5 Å². The summed E-state index contributed by atoms with van der Waals surface area (Å²) >= 11 is 1.84. The van der Waals surface area contributed by atoms with Gasteiger partial charge in [-0.15, -0.1) is 4.52 Å². The molecule has 0 spiro atoms. The lowest BCUT2D eigenvalue weighted by Gasteiger charge is -2.27. The maximum absolute atomic E-state index is 12.7. The zero-order valence-electron chi connectivity index (χ0n) is 24.6. The van der Waals surface area contributed by atoms with Crippen LogP contribution < -0.4 is 0 Å². The van der Waals surface area contributed by atoms with Gasteiger partial charge in [0, 0.05) is 5.25 Å². The fourth-order valence-electron chi connectivity index (χ4n) is 4.21. The molecule has 0 aromatic carbocycles. The Morgan fingerprint density at radius 1 is 0.811 bits per heavy atom. The molecule has 220 valence electrons. The fraction of sp³-hybridized carbons (Fsp3) is 0.966. The van der Waals surface area contributed by atoms with Crippen molar-refractivity contribution in [3.05, 3.63) is 0 Å². The summed E-state index contributed by atoms with van der Waals surface area (Å²) in [5, 5.41) is 11.1. The van der Waals surface area contributed by atoms with Crippen LogP contribution in [0, 0.1) is 0 Å². The number of hydrogen-bond acceptors (Lipinski definition) is 7. The third kappa shape index (κ3) is 17.9. The number of carbonyl (C=O) groups excluding carboxylic acids is 1. The summed E-state index contributed by atoms with van der Waals surface area (Å²) in [6.45, 7) is 10.1. The van der Waals surface area contributed by atoms with Gasteiger partial charge in [0.2, 0.25) is 0 Å². The van der Waals surface area contributed by atoms with Crippen molar-refractivity contribution in [3.8, 4) is 0 Å². The minimum Gasteiger partial charge on any atom is -0.458 e. The molecule has 1 N–H and O–H groups in total. The summed E-state index contributed by atoms with van der Waals surface area (Å²) in [5.74, 6) is -0.0262. The highest BCUT2D eigenvalue weighted by atomic mass is 32.2. The minimum absolute atomic E-state index is 0.0599. The van der Waals surface area contributed by atoms with Gasteiger partial charge in [0.05, 0.1) is 12.7 Å². The second-order valence-corrected chi connectivity index (χ2v) is 12.8. The molecule has 0 saturated carbocycles. The first-order valence-corrected chi connectivity index (χ1v) is 17.4. The Kier molecular flexibility index (Phi) is 24.7. The van der Waals surface area contributed by atoms with Gasteiger partial charge in [-0.25, -0.2) is 4.79 Å². The average molecular weight is 566 g/mol. The predicted octanol–water partition coefficient (Wildman–Crippen LogP) is 9.15. The molecule has 0 saturated heterocycles. The zero-order valence-corrected chi connectivity index (χ0v) is 26.4. The summed E-state index contributed by atoms with van der Waals surface area (Å²) in [6, 6.07) is 0. The lowest BCUT2D eigenvalue weighted by atomic mass is 10.1. The number of ether oxygens (including phenoxy) is 2. The van der Waals surface area contributed by atoms with Gasteiger partial charge in [-0.3, -0.25) is 4.74 Å². The van der Waals surface area contributed by atoms with Gasteiger partial charge < -0.3 is 9.84 Å². The largest absolute Gasteiger partial charge is 0.589 e. The molecule has 4 atom stereocenters. The number of esters is 1. The highest BCUT2D eigenvalue weighted by Crippen LogP contribution is 2.42. The molecule has 0 rings (SSSR count). The molecule has 0 fully saturated rings. The van der Waals surface area contributed by atoms with Crippen LogP contribution in [0.3, 0.4) is 0 Å². The number of thioether (sulfide) groups is 1. The zero-order chi connectivity index (χ0) is 27.8. The SMILES string of the molecule is CCCCCCCCCCCSC(CCCCCCCC)C(C)OC(O)(C(=O)OCC)[P+](=O)OCCC. The van der Waals surface area contributed by atoms with Crippen LogP contribution in [-0.4, -0.2) is 46.9 Å². The second kappa shape index (κ2) is 24.8. The Balaban J connectivity index is 4.93. The van der Waals surface area contributed by atoms with E-state index in [2.05, 4.69) is 13.8 Å². The predicted molar refractivity (Wildman–Crippen MR) is 157 cm³/mol. The molecule has 0 radical (unpaired) electrons. The smallest absolute Gasteiger partial charge is 0.458 e. The first-order valence-electron chi connectivity index (χ1n) is 15.2. The van der Waals surface area contributed by atoms with Crippen molar-refractivity contribution in [2.45, 2.75) is 161 Å². The van der Waals surface area contributed by atoms with Crippen LogP contribution in [0.15, 0.2) is 0 Å². The van der Waals surface area contributed by atoms with Gasteiger partial charge in [0.15, 0.2) is 0 Å². The van der Waals surface area contributed by atoms with E-state index in [1.165, 1.54) is 77.0 Å². The molecule has 0 bridgehead atoms. The molecular formula is C29H58O6PS+. The molecule has 0 aromatic heterocycles. The normalized spacial score (nSPS) is 15.2. The summed E-state index contributed by atoms with van der Waals surface area (Å²) < 4.78 is 28.8. The number of unbranched alkanes of at least 4 members (excludes halogenated alkanes) is 13. The van der Waals surface area contributed by atoms with E-state index < -0.39 is 25.6 Å². The van der Waals surface area contributed by atoms with E-state index in [1.54, 1.807) is 6.92 Å². The van der Waals surface area contributed by atoms with Gasteiger partial charge in [0.1, 0.15) is 6.61 Å². The van der Waals surface area contributed by atoms with E-state index in [-0.39, 0.29) is 18.5 Å². The van der Waals surface area contributed by atoms with Crippen LogP contribution >= 0.6 is 19.8 Å². The molecule has 0 aromatic rings. The fourth-order valence-corrected chi connectivity index (χ4v) is 6.54. The number of rotatable bonds is 27. The van der Waals surface area contributed by atoms with Gasteiger partial charge in [-0.05, 0) is 43.4 Å². The summed E-state index contributed by atoms with van der Waals surface area (Å²) in [5.41, 5.74) is -2.59. The van der Waals surface area contributed by atoms with Crippen molar-refractivity contribution in [3.63, 3.8) is 0 Å². The average Bonchev–Trinajstić information content (AvgIpc) is 2.88. The standard InChI is InChI=1S/C29H58O6PS/c1-6-10-12-14-16-17-18-20-22-25-37-27(23-21-19-15-13-11-7-2)26(5)35-29(31,28(30)33-9-4)36(32)34-24-8-3/h26-27,31H,6-25H2,1-5H3/q+1. The van der Waals surface area contributed by atoms with Crippen molar-refractivity contribution in [2.75, 3.05) is 19.0 Å².